The van der Waals surface area contributed by atoms with Crippen LogP contribution in [-0.2, 0) is 14.3 Å². The first-order valence-corrected chi connectivity index (χ1v) is 8.23. The van der Waals surface area contributed by atoms with Crippen molar-refractivity contribution in [3.63, 3.8) is 0 Å². The van der Waals surface area contributed by atoms with Crippen LogP contribution in [0, 0.1) is 0 Å². The minimum Gasteiger partial charge on any atom is -0.370 e. The van der Waals surface area contributed by atoms with Crippen LogP contribution in [0.3, 0.4) is 0 Å². The molecular weight excluding hydrogens is 391 g/mol. The molecule has 4 N–H and O–H groups in total. The van der Waals surface area contributed by atoms with Crippen LogP contribution < -0.4 is 21.3 Å². The number of morpholine rings is 1. The van der Waals surface area contributed by atoms with E-state index in [1.807, 2.05) is 5.32 Å². The molecule has 28 heavy (non-hydrogen) atoms. The standard InChI is InChI=1S/C16H19F5N4O3/c17-14(18)10-5-9(1-2-12(10)25-3-4-28-7-13(25)26)24-15(27)11(6-22)23-8-16(19,20)21/h1-2,5,11,14,23H,3-4,6-8,22H2,(H,24,27)/t11-/m1/s1. The number of nitrogens with zero attached hydrogens (tertiary/aromatic N) is 1. The molecule has 0 aromatic heterocycles. The van der Waals surface area contributed by atoms with Gasteiger partial charge in [-0.25, -0.2) is 8.78 Å². The smallest absolute Gasteiger partial charge is 0.370 e. The van der Waals surface area contributed by atoms with Gasteiger partial charge in [-0.15, -0.1) is 0 Å². The number of carbonyl (C=O) groups excluding carboxylic acids is 2. The third-order valence-corrected chi connectivity index (χ3v) is 3.91. The zero-order valence-corrected chi connectivity index (χ0v) is 14.6. The lowest BCUT2D eigenvalue weighted by Gasteiger charge is -2.29. The van der Waals surface area contributed by atoms with Crippen LogP contribution in [0.1, 0.15) is 12.0 Å². The first-order valence-electron chi connectivity index (χ1n) is 8.23. The summed E-state index contributed by atoms with van der Waals surface area (Å²) in [5.41, 5.74) is 4.73. The number of ether oxygens (including phenoxy) is 1. The van der Waals surface area contributed by atoms with Crippen LogP contribution in [0.2, 0.25) is 0 Å². The highest BCUT2D eigenvalue weighted by Gasteiger charge is 2.30. The molecule has 7 nitrogen and oxygen atoms in total. The van der Waals surface area contributed by atoms with Gasteiger partial charge in [0.1, 0.15) is 6.61 Å². The molecule has 0 bridgehead atoms. The van der Waals surface area contributed by atoms with E-state index in [1.54, 1.807) is 0 Å². The molecule has 0 radical (unpaired) electrons. The van der Waals surface area contributed by atoms with E-state index >= 15 is 0 Å². The first kappa shape index (κ1) is 22.0. The summed E-state index contributed by atoms with van der Waals surface area (Å²) in [6.07, 6.45) is -7.49. The zero-order chi connectivity index (χ0) is 20.9. The minimum atomic E-state index is -4.54. The van der Waals surface area contributed by atoms with E-state index in [1.165, 1.54) is 12.1 Å². The summed E-state index contributed by atoms with van der Waals surface area (Å²) >= 11 is 0. The SMILES string of the molecule is NC[C@@H](NCC(F)(F)F)C(=O)Nc1ccc(N2CCOCC2=O)c(C(F)F)c1. The Bertz CT molecular complexity index is 714. The van der Waals surface area contributed by atoms with Gasteiger partial charge in [0.25, 0.3) is 12.3 Å². The van der Waals surface area contributed by atoms with E-state index in [9.17, 15) is 31.5 Å². The summed E-state index contributed by atoms with van der Waals surface area (Å²) in [5.74, 6) is -1.38. The molecule has 12 heteroatoms. The van der Waals surface area contributed by atoms with Gasteiger partial charge in [0.2, 0.25) is 5.91 Å². The van der Waals surface area contributed by atoms with E-state index in [0.717, 1.165) is 11.0 Å². The van der Waals surface area contributed by atoms with Gasteiger partial charge in [0.05, 0.1) is 24.9 Å². The Labute approximate surface area is 157 Å². The fraction of sp³-hybridized carbons (Fsp3) is 0.500. The Hall–Kier alpha value is -2.31. The van der Waals surface area contributed by atoms with E-state index in [0.29, 0.717) is 0 Å². The third-order valence-electron chi connectivity index (χ3n) is 3.91. The van der Waals surface area contributed by atoms with E-state index < -0.39 is 49.1 Å². The number of carbonyl (C=O) groups is 2. The number of amides is 2. The Morgan fingerprint density at radius 1 is 1.32 bits per heavy atom. The molecule has 1 aromatic carbocycles. The number of anilines is 2. The van der Waals surface area contributed by atoms with E-state index in [-0.39, 0.29) is 31.1 Å². The molecule has 1 atom stereocenters. The monoisotopic (exact) mass is 410 g/mol. The van der Waals surface area contributed by atoms with Gasteiger partial charge in [0, 0.05) is 24.3 Å². The number of nitrogens with two attached hydrogens (primary N) is 1. The van der Waals surface area contributed by atoms with Gasteiger partial charge in [-0.1, -0.05) is 0 Å². The van der Waals surface area contributed by atoms with Gasteiger partial charge in [0.15, 0.2) is 0 Å². The molecule has 2 amide bonds. The highest BCUT2D eigenvalue weighted by atomic mass is 19.4. The van der Waals surface area contributed by atoms with Gasteiger partial charge in [-0.2, -0.15) is 13.2 Å². The van der Waals surface area contributed by atoms with Crippen LogP contribution in [0.5, 0.6) is 0 Å². The van der Waals surface area contributed by atoms with Crippen molar-refractivity contribution in [1.29, 1.82) is 0 Å². The second kappa shape index (κ2) is 9.26. The number of alkyl halides is 5. The Kier molecular flexibility index (Phi) is 7.27. The lowest BCUT2D eigenvalue weighted by Crippen LogP contribution is -2.48. The lowest BCUT2D eigenvalue weighted by molar-refractivity contribution is -0.130. The maximum absolute atomic E-state index is 13.5. The number of halogens is 5. The van der Waals surface area contributed by atoms with Crippen LogP contribution in [0.4, 0.5) is 33.3 Å². The summed E-state index contributed by atoms with van der Waals surface area (Å²) in [4.78, 5) is 25.1. The van der Waals surface area contributed by atoms with Crippen molar-refractivity contribution in [3.8, 4) is 0 Å². The van der Waals surface area contributed by atoms with Crippen molar-refractivity contribution in [2.75, 3.05) is 43.1 Å². The van der Waals surface area contributed by atoms with Gasteiger partial charge >= 0.3 is 6.18 Å². The number of hydrogen-bond donors (Lipinski definition) is 3. The number of nitrogens with one attached hydrogen (secondary N) is 2. The molecule has 1 aliphatic rings. The number of hydrogen-bond acceptors (Lipinski definition) is 5. The predicted octanol–water partition coefficient (Wildman–Crippen LogP) is 1.41. The van der Waals surface area contributed by atoms with Gasteiger partial charge in [-0.05, 0) is 18.2 Å². The topological polar surface area (TPSA) is 96.7 Å². The lowest BCUT2D eigenvalue weighted by atomic mass is 10.1. The molecular formula is C16H19F5N4O3. The largest absolute Gasteiger partial charge is 0.401 e. The summed E-state index contributed by atoms with van der Waals surface area (Å²) in [6.45, 7) is -1.80. The molecule has 0 aliphatic carbocycles. The summed E-state index contributed by atoms with van der Waals surface area (Å²) in [7, 11) is 0. The quantitative estimate of drug-likeness (QED) is 0.591. The van der Waals surface area contributed by atoms with Crippen molar-refractivity contribution in [2.24, 2.45) is 5.73 Å². The fourth-order valence-corrected chi connectivity index (χ4v) is 2.58. The predicted molar refractivity (Wildman–Crippen MR) is 90.1 cm³/mol. The minimum absolute atomic E-state index is 0.0214. The van der Waals surface area contributed by atoms with Crippen molar-refractivity contribution in [2.45, 2.75) is 18.6 Å². The number of benzene rings is 1. The molecule has 0 unspecified atom stereocenters. The van der Waals surface area contributed by atoms with Crippen molar-refractivity contribution >= 4 is 23.2 Å². The van der Waals surface area contributed by atoms with Crippen LogP contribution in [0.25, 0.3) is 0 Å². The third kappa shape index (κ3) is 5.84. The average Bonchev–Trinajstić information content (AvgIpc) is 2.62. The molecule has 1 aliphatic heterocycles. The van der Waals surface area contributed by atoms with Crippen LogP contribution in [0.15, 0.2) is 18.2 Å². The van der Waals surface area contributed by atoms with Gasteiger partial charge < -0.3 is 20.7 Å². The van der Waals surface area contributed by atoms with Crippen LogP contribution >= 0.6 is 0 Å². The zero-order valence-electron chi connectivity index (χ0n) is 14.6. The molecule has 1 fully saturated rings. The Morgan fingerprint density at radius 2 is 2.04 bits per heavy atom. The van der Waals surface area contributed by atoms with E-state index in [2.05, 4.69) is 5.32 Å². The second-order valence-electron chi connectivity index (χ2n) is 5.95. The maximum Gasteiger partial charge on any atom is 0.401 e. The van der Waals surface area contributed by atoms with Crippen molar-refractivity contribution in [1.82, 2.24) is 5.32 Å². The molecule has 156 valence electrons. The number of rotatable bonds is 7. The highest BCUT2D eigenvalue weighted by Crippen LogP contribution is 2.33. The maximum atomic E-state index is 13.5. The van der Waals surface area contributed by atoms with Crippen molar-refractivity contribution < 1.29 is 36.3 Å². The Morgan fingerprint density at radius 3 is 2.61 bits per heavy atom. The molecule has 0 saturated carbocycles. The normalized spacial score (nSPS) is 16.4. The van der Waals surface area contributed by atoms with Gasteiger partial charge in [-0.3, -0.25) is 14.9 Å². The first-order chi connectivity index (χ1) is 13.1. The second-order valence-corrected chi connectivity index (χ2v) is 5.95. The fourth-order valence-electron chi connectivity index (χ4n) is 2.58. The highest BCUT2D eigenvalue weighted by molar-refractivity contribution is 5.97. The van der Waals surface area contributed by atoms with E-state index in [4.69, 9.17) is 10.5 Å². The summed E-state index contributed by atoms with van der Waals surface area (Å²) in [5, 5.41) is 4.21. The summed E-state index contributed by atoms with van der Waals surface area (Å²) in [6, 6.07) is 2.12. The van der Waals surface area contributed by atoms with Crippen molar-refractivity contribution in [3.05, 3.63) is 23.8 Å². The Balaban J connectivity index is 2.16. The molecule has 0 spiro atoms. The molecule has 1 heterocycles. The summed E-state index contributed by atoms with van der Waals surface area (Å²) < 4.78 is 68.7. The molecule has 1 saturated heterocycles. The van der Waals surface area contributed by atoms with Crippen LogP contribution in [-0.4, -0.2) is 56.9 Å². The average molecular weight is 410 g/mol. The molecule has 1 aromatic rings. The molecule has 2 rings (SSSR count).